The zero-order valence-electron chi connectivity index (χ0n) is 12.4. The lowest BCUT2D eigenvalue weighted by molar-refractivity contribution is -0.115. The first-order valence-corrected chi connectivity index (χ1v) is 7.57. The van der Waals surface area contributed by atoms with E-state index in [1.807, 2.05) is 36.4 Å². The number of carbonyl (C=O) groups is 1. The van der Waals surface area contributed by atoms with Gasteiger partial charge in [-0.1, -0.05) is 24.3 Å². The molecule has 0 bridgehead atoms. The van der Waals surface area contributed by atoms with Crippen molar-refractivity contribution in [2.24, 2.45) is 5.92 Å². The second-order valence-electron chi connectivity index (χ2n) is 5.72. The van der Waals surface area contributed by atoms with E-state index in [4.69, 9.17) is 10.5 Å². The van der Waals surface area contributed by atoms with Crippen LogP contribution in [-0.2, 0) is 11.2 Å². The molecule has 1 aliphatic carbocycles. The van der Waals surface area contributed by atoms with Crippen LogP contribution < -0.4 is 15.8 Å². The van der Waals surface area contributed by atoms with Crippen molar-refractivity contribution in [1.82, 2.24) is 0 Å². The number of benzene rings is 2. The van der Waals surface area contributed by atoms with Gasteiger partial charge in [-0.3, -0.25) is 4.79 Å². The number of nitrogen functional groups attached to an aromatic ring is 1. The summed E-state index contributed by atoms with van der Waals surface area (Å²) < 4.78 is 5.80. The van der Waals surface area contributed by atoms with Gasteiger partial charge in [-0.2, -0.15) is 0 Å². The SMILES string of the molecule is Nc1ccc(CC(=O)Nc2ccccc2OCC2CC2)cc1. The smallest absolute Gasteiger partial charge is 0.228 e. The molecule has 1 saturated carbocycles. The van der Waals surface area contributed by atoms with E-state index in [1.54, 1.807) is 12.1 Å². The van der Waals surface area contributed by atoms with Crippen LogP contribution >= 0.6 is 0 Å². The number of amides is 1. The lowest BCUT2D eigenvalue weighted by Gasteiger charge is -2.12. The molecule has 0 aromatic heterocycles. The maximum absolute atomic E-state index is 12.2. The largest absolute Gasteiger partial charge is 0.491 e. The highest BCUT2D eigenvalue weighted by Gasteiger charge is 2.22. The molecule has 0 atom stereocenters. The van der Waals surface area contributed by atoms with Crippen molar-refractivity contribution < 1.29 is 9.53 Å². The summed E-state index contributed by atoms with van der Waals surface area (Å²) in [6.45, 7) is 0.727. The zero-order chi connectivity index (χ0) is 15.4. The third kappa shape index (κ3) is 4.01. The van der Waals surface area contributed by atoms with Crippen LogP contribution in [0.1, 0.15) is 18.4 Å². The molecular weight excluding hydrogens is 276 g/mol. The van der Waals surface area contributed by atoms with Gasteiger partial charge in [-0.25, -0.2) is 0 Å². The lowest BCUT2D eigenvalue weighted by Crippen LogP contribution is -2.15. The van der Waals surface area contributed by atoms with E-state index in [0.29, 0.717) is 18.0 Å². The second-order valence-corrected chi connectivity index (χ2v) is 5.72. The molecule has 4 heteroatoms. The molecule has 1 aliphatic rings. The Morgan fingerprint density at radius 3 is 2.59 bits per heavy atom. The van der Waals surface area contributed by atoms with Crippen molar-refractivity contribution in [3.63, 3.8) is 0 Å². The van der Waals surface area contributed by atoms with Gasteiger partial charge >= 0.3 is 0 Å². The van der Waals surface area contributed by atoms with Crippen LogP contribution in [0.3, 0.4) is 0 Å². The molecule has 3 rings (SSSR count). The molecular formula is C18H20N2O2. The van der Waals surface area contributed by atoms with E-state index in [9.17, 15) is 4.79 Å². The fourth-order valence-corrected chi connectivity index (χ4v) is 2.20. The summed E-state index contributed by atoms with van der Waals surface area (Å²) in [5, 5.41) is 2.92. The Morgan fingerprint density at radius 2 is 1.86 bits per heavy atom. The standard InChI is InChI=1S/C18H20N2O2/c19-15-9-7-13(8-10-15)11-18(21)20-16-3-1-2-4-17(16)22-12-14-5-6-14/h1-4,7-10,14H,5-6,11-12,19H2,(H,20,21). The van der Waals surface area contributed by atoms with Gasteiger partial charge < -0.3 is 15.8 Å². The van der Waals surface area contributed by atoms with Crippen molar-refractivity contribution in [3.05, 3.63) is 54.1 Å². The van der Waals surface area contributed by atoms with Crippen LogP contribution in [0.2, 0.25) is 0 Å². The molecule has 2 aromatic rings. The average molecular weight is 296 g/mol. The summed E-state index contributed by atoms with van der Waals surface area (Å²) in [7, 11) is 0. The predicted octanol–water partition coefficient (Wildman–Crippen LogP) is 3.24. The van der Waals surface area contributed by atoms with E-state index in [1.165, 1.54) is 12.8 Å². The Morgan fingerprint density at radius 1 is 1.14 bits per heavy atom. The minimum atomic E-state index is -0.0627. The minimum absolute atomic E-state index is 0.0627. The molecule has 114 valence electrons. The van der Waals surface area contributed by atoms with Gasteiger partial charge in [0.1, 0.15) is 5.75 Å². The molecule has 1 fully saturated rings. The number of ether oxygens (including phenoxy) is 1. The molecule has 0 heterocycles. The van der Waals surface area contributed by atoms with Crippen LogP contribution in [-0.4, -0.2) is 12.5 Å². The van der Waals surface area contributed by atoms with E-state index < -0.39 is 0 Å². The molecule has 1 amide bonds. The first kappa shape index (κ1) is 14.4. The molecule has 4 nitrogen and oxygen atoms in total. The first-order valence-electron chi connectivity index (χ1n) is 7.57. The Hall–Kier alpha value is -2.49. The highest BCUT2D eigenvalue weighted by atomic mass is 16.5. The normalized spacial score (nSPS) is 13.6. The molecule has 0 aliphatic heterocycles. The third-order valence-corrected chi connectivity index (χ3v) is 3.68. The Bertz CT molecular complexity index is 648. The maximum Gasteiger partial charge on any atom is 0.228 e. The lowest BCUT2D eigenvalue weighted by atomic mass is 10.1. The molecule has 3 N–H and O–H groups in total. The van der Waals surface area contributed by atoms with E-state index >= 15 is 0 Å². The molecule has 0 unspecified atom stereocenters. The summed E-state index contributed by atoms with van der Waals surface area (Å²) in [6, 6.07) is 14.9. The maximum atomic E-state index is 12.2. The quantitative estimate of drug-likeness (QED) is 0.804. The summed E-state index contributed by atoms with van der Waals surface area (Å²) >= 11 is 0. The molecule has 22 heavy (non-hydrogen) atoms. The Kier molecular flexibility index (Phi) is 4.28. The number of rotatable bonds is 6. The van der Waals surface area contributed by atoms with Crippen molar-refractivity contribution in [2.45, 2.75) is 19.3 Å². The van der Waals surface area contributed by atoms with Crippen molar-refractivity contribution in [1.29, 1.82) is 0 Å². The van der Waals surface area contributed by atoms with Gasteiger partial charge in [-0.05, 0) is 48.6 Å². The highest BCUT2D eigenvalue weighted by Crippen LogP contribution is 2.31. The Labute approximate surface area is 130 Å². The fourth-order valence-electron chi connectivity index (χ4n) is 2.20. The number of anilines is 2. The van der Waals surface area contributed by atoms with Gasteiger partial charge in [0.15, 0.2) is 0 Å². The second kappa shape index (κ2) is 6.52. The van der Waals surface area contributed by atoms with Gasteiger partial charge in [0.05, 0.1) is 18.7 Å². The average Bonchev–Trinajstić information content (AvgIpc) is 3.33. The van der Waals surface area contributed by atoms with Crippen LogP contribution in [0.15, 0.2) is 48.5 Å². The number of para-hydroxylation sites is 2. The summed E-state index contributed by atoms with van der Waals surface area (Å²) in [6.07, 6.45) is 2.80. The topological polar surface area (TPSA) is 64.4 Å². The number of nitrogens with two attached hydrogens (primary N) is 1. The first-order chi connectivity index (χ1) is 10.7. The van der Waals surface area contributed by atoms with Crippen molar-refractivity contribution in [3.8, 4) is 5.75 Å². The van der Waals surface area contributed by atoms with E-state index in [-0.39, 0.29) is 5.91 Å². The Balaban J connectivity index is 1.61. The monoisotopic (exact) mass is 296 g/mol. The number of hydrogen-bond donors (Lipinski definition) is 2. The minimum Gasteiger partial charge on any atom is -0.491 e. The molecule has 0 saturated heterocycles. The van der Waals surface area contributed by atoms with Crippen LogP contribution in [0.4, 0.5) is 11.4 Å². The van der Waals surface area contributed by atoms with Gasteiger partial charge in [0, 0.05) is 5.69 Å². The van der Waals surface area contributed by atoms with E-state index in [0.717, 1.165) is 23.6 Å². The summed E-state index contributed by atoms with van der Waals surface area (Å²) in [5.74, 6) is 1.35. The van der Waals surface area contributed by atoms with Crippen LogP contribution in [0.5, 0.6) is 5.75 Å². The van der Waals surface area contributed by atoms with Crippen LogP contribution in [0.25, 0.3) is 0 Å². The highest BCUT2D eigenvalue weighted by molar-refractivity contribution is 5.93. The molecule has 2 aromatic carbocycles. The molecule has 0 spiro atoms. The third-order valence-electron chi connectivity index (χ3n) is 3.68. The summed E-state index contributed by atoms with van der Waals surface area (Å²) in [4.78, 5) is 12.2. The fraction of sp³-hybridized carbons (Fsp3) is 0.278. The van der Waals surface area contributed by atoms with Crippen molar-refractivity contribution in [2.75, 3.05) is 17.7 Å². The van der Waals surface area contributed by atoms with Gasteiger partial charge in [-0.15, -0.1) is 0 Å². The predicted molar refractivity (Wildman–Crippen MR) is 87.8 cm³/mol. The number of carbonyl (C=O) groups excluding carboxylic acids is 1. The van der Waals surface area contributed by atoms with E-state index in [2.05, 4.69) is 5.32 Å². The number of nitrogens with one attached hydrogen (secondary N) is 1. The zero-order valence-corrected chi connectivity index (χ0v) is 12.4. The summed E-state index contributed by atoms with van der Waals surface area (Å²) in [5.41, 5.74) is 8.00. The number of hydrogen-bond acceptors (Lipinski definition) is 3. The van der Waals surface area contributed by atoms with Gasteiger partial charge in [0.25, 0.3) is 0 Å². The van der Waals surface area contributed by atoms with Crippen LogP contribution in [0, 0.1) is 5.92 Å². The van der Waals surface area contributed by atoms with Crippen molar-refractivity contribution >= 4 is 17.3 Å². The molecule has 0 radical (unpaired) electrons. The van der Waals surface area contributed by atoms with Gasteiger partial charge in [0.2, 0.25) is 5.91 Å².